The average molecular weight is 371 g/mol. The largest absolute Gasteiger partial charge is 0.491 e. The lowest BCUT2D eigenvalue weighted by molar-refractivity contribution is 0.0831. The van der Waals surface area contributed by atoms with Gasteiger partial charge in [0.1, 0.15) is 24.2 Å². The normalized spacial score (nSPS) is 13.6. The van der Waals surface area contributed by atoms with Gasteiger partial charge in [-0.2, -0.15) is 0 Å². The van der Waals surface area contributed by atoms with Gasteiger partial charge in [0.2, 0.25) is 0 Å². The van der Waals surface area contributed by atoms with E-state index in [1.165, 1.54) is 0 Å². The number of carbonyl (C=O) groups excluding carboxylic acids is 1. The molecule has 7 heteroatoms. The Kier molecular flexibility index (Phi) is 6.16. The highest BCUT2D eigenvalue weighted by molar-refractivity contribution is 6.00. The molecule has 2 amide bonds. The van der Waals surface area contributed by atoms with Crippen LogP contribution in [0.5, 0.6) is 11.5 Å². The number of nitrogens with zero attached hydrogens (tertiary/aromatic N) is 1. The molecule has 1 atom stereocenters. The highest BCUT2D eigenvalue weighted by Crippen LogP contribution is 2.33. The summed E-state index contributed by atoms with van der Waals surface area (Å²) < 4.78 is 11.1. The van der Waals surface area contributed by atoms with Crippen molar-refractivity contribution >= 4 is 17.4 Å². The van der Waals surface area contributed by atoms with Crippen LogP contribution in [0.1, 0.15) is 5.56 Å². The molecule has 1 aliphatic rings. The van der Waals surface area contributed by atoms with Gasteiger partial charge in [0.25, 0.3) is 0 Å². The standard InChI is InChI=1S/C20H25N3O4/c1-23(2)12-16(24)13-27-17-8-6-15(7-9-17)21-20(25)22-18-5-3-4-14-10-11-26-19(14)18/h3-9,16,24H,10-13H2,1-2H3,(H2,21,22,25). The van der Waals surface area contributed by atoms with Crippen molar-refractivity contribution < 1.29 is 19.4 Å². The number of aliphatic hydroxyl groups is 1. The van der Waals surface area contributed by atoms with E-state index >= 15 is 0 Å². The number of ether oxygens (including phenoxy) is 2. The molecule has 0 bridgehead atoms. The van der Waals surface area contributed by atoms with Gasteiger partial charge < -0.3 is 30.1 Å². The number of aliphatic hydroxyl groups excluding tert-OH is 1. The third-order valence-electron chi connectivity index (χ3n) is 4.09. The molecule has 2 aromatic rings. The smallest absolute Gasteiger partial charge is 0.323 e. The van der Waals surface area contributed by atoms with Crippen molar-refractivity contribution in [1.82, 2.24) is 4.90 Å². The summed E-state index contributed by atoms with van der Waals surface area (Å²) in [6.45, 7) is 1.39. The first kappa shape index (κ1) is 19.0. The number of hydrogen-bond acceptors (Lipinski definition) is 5. The molecule has 0 aliphatic carbocycles. The van der Waals surface area contributed by atoms with Crippen LogP contribution in [0, 0.1) is 0 Å². The molecule has 0 radical (unpaired) electrons. The molecule has 0 fully saturated rings. The first-order valence-corrected chi connectivity index (χ1v) is 8.89. The van der Waals surface area contributed by atoms with Gasteiger partial charge in [0.05, 0.1) is 12.3 Å². The first-order valence-electron chi connectivity index (χ1n) is 8.89. The molecule has 2 aromatic carbocycles. The first-order chi connectivity index (χ1) is 13.0. The monoisotopic (exact) mass is 371 g/mol. The van der Waals surface area contributed by atoms with Crippen LogP contribution in [0.25, 0.3) is 0 Å². The number of anilines is 2. The van der Waals surface area contributed by atoms with E-state index in [9.17, 15) is 9.90 Å². The van der Waals surface area contributed by atoms with Crippen LogP contribution in [-0.4, -0.2) is 56.0 Å². The summed E-state index contributed by atoms with van der Waals surface area (Å²) in [6.07, 6.45) is 0.301. The fourth-order valence-corrected chi connectivity index (χ4v) is 2.90. The summed E-state index contributed by atoms with van der Waals surface area (Å²) >= 11 is 0. The maximum absolute atomic E-state index is 12.2. The lowest BCUT2D eigenvalue weighted by Gasteiger charge is -2.16. The lowest BCUT2D eigenvalue weighted by Crippen LogP contribution is -2.30. The highest BCUT2D eigenvalue weighted by Gasteiger charge is 2.17. The maximum atomic E-state index is 12.2. The molecule has 1 heterocycles. The van der Waals surface area contributed by atoms with Crippen LogP contribution in [0.15, 0.2) is 42.5 Å². The Morgan fingerprint density at radius 2 is 2.00 bits per heavy atom. The summed E-state index contributed by atoms with van der Waals surface area (Å²) in [4.78, 5) is 14.1. The van der Waals surface area contributed by atoms with Gasteiger partial charge in [-0.15, -0.1) is 0 Å². The van der Waals surface area contributed by atoms with E-state index in [-0.39, 0.29) is 12.6 Å². The quantitative estimate of drug-likeness (QED) is 0.697. The van der Waals surface area contributed by atoms with E-state index in [0.717, 1.165) is 17.7 Å². The van der Waals surface area contributed by atoms with Gasteiger partial charge in [-0.1, -0.05) is 12.1 Å². The molecule has 0 aromatic heterocycles. The topological polar surface area (TPSA) is 83.1 Å². The molecule has 27 heavy (non-hydrogen) atoms. The van der Waals surface area contributed by atoms with Crippen molar-refractivity contribution in [3.05, 3.63) is 48.0 Å². The Morgan fingerprint density at radius 1 is 1.22 bits per heavy atom. The SMILES string of the molecule is CN(C)CC(O)COc1ccc(NC(=O)Nc2cccc3c2OCC3)cc1. The van der Waals surface area contributed by atoms with Crippen molar-refractivity contribution in [3.8, 4) is 11.5 Å². The van der Waals surface area contributed by atoms with E-state index in [4.69, 9.17) is 9.47 Å². The Balaban J connectivity index is 1.51. The van der Waals surface area contributed by atoms with Crippen LogP contribution in [0.3, 0.4) is 0 Å². The van der Waals surface area contributed by atoms with E-state index in [0.29, 0.717) is 30.3 Å². The number of amides is 2. The predicted octanol–water partition coefficient (Wildman–Crippen LogP) is 2.57. The van der Waals surface area contributed by atoms with Crippen molar-refractivity contribution in [3.63, 3.8) is 0 Å². The Hall–Kier alpha value is -2.77. The minimum Gasteiger partial charge on any atom is -0.491 e. The van der Waals surface area contributed by atoms with Gasteiger partial charge >= 0.3 is 6.03 Å². The van der Waals surface area contributed by atoms with Crippen molar-refractivity contribution in [2.75, 3.05) is 44.5 Å². The summed E-state index contributed by atoms with van der Waals surface area (Å²) in [5, 5.41) is 15.4. The zero-order chi connectivity index (χ0) is 19.2. The van der Waals surface area contributed by atoms with Gasteiger partial charge in [0.15, 0.2) is 0 Å². The van der Waals surface area contributed by atoms with Gasteiger partial charge in [0, 0.05) is 18.7 Å². The van der Waals surface area contributed by atoms with Crippen LogP contribution >= 0.6 is 0 Å². The fourth-order valence-electron chi connectivity index (χ4n) is 2.90. The molecule has 0 spiro atoms. The fraction of sp³-hybridized carbons (Fsp3) is 0.350. The Morgan fingerprint density at radius 3 is 2.74 bits per heavy atom. The van der Waals surface area contributed by atoms with Gasteiger partial charge in [-0.3, -0.25) is 0 Å². The number of hydrogen-bond donors (Lipinski definition) is 3. The summed E-state index contributed by atoms with van der Waals surface area (Å²) in [6, 6.07) is 12.4. The summed E-state index contributed by atoms with van der Waals surface area (Å²) in [5.41, 5.74) is 2.41. The minimum absolute atomic E-state index is 0.213. The molecule has 3 rings (SSSR count). The third kappa shape index (κ3) is 5.35. The van der Waals surface area contributed by atoms with E-state index in [2.05, 4.69) is 10.6 Å². The van der Waals surface area contributed by atoms with E-state index in [1.54, 1.807) is 24.3 Å². The average Bonchev–Trinajstić information content (AvgIpc) is 3.10. The number of para-hydroxylation sites is 1. The van der Waals surface area contributed by atoms with Gasteiger partial charge in [-0.05, 0) is 50.0 Å². The Labute approximate surface area is 158 Å². The summed E-state index contributed by atoms with van der Waals surface area (Å²) in [5.74, 6) is 1.38. The summed E-state index contributed by atoms with van der Waals surface area (Å²) in [7, 11) is 3.79. The van der Waals surface area contributed by atoms with Crippen LogP contribution < -0.4 is 20.1 Å². The molecule has 1 aliphatic heterocycles. The van der Waals surface area contributed by atoms with Crippen molar-refractivity contribution in [1.29, 1.82) is 0 Å². The Bertz CT molecular complexity index is 777. The second-order valence-electron chi connectivity index (χ2n) is 6.72. The second kappa shape index (κ2) is 8.75. The number of fused-ring (bicyclic) bond motifs is 1. The lowest BCUT2D eigenvalue weighted by atomic mass is 10.1. The van der Waals surface area contributed by atoms with Crippen LogP contribution in [-0.2, 0) is 6.42 Å². The highest BCUT2D eigenvalue weighted by atomic mass is 16.5. The maximum Gasteiger partial charge on any atom is 0.323 e. The molecular weight excluding hydrogens is 346 g/mol. The third-order valence-corrected chi connectivity index (χ3v) is 4.09. The predicted molar refractivity (Wildman–Crippen MR) is 105 cm³/mol. The molecule has 3 N–H and O–H groups in total. The zero-order valence-corrected chi connectivity index (χ0v) is 15.6. The van der Waals surface area contributed by atoms with Gasteiger partial charge in [-0.25, -0.2) is 4.79 Å². The zero-order valence-electron chi connectivity index (χ0n) is 15.6. The van der Waals surface area contributed by atoms with Crippen molar-refractivity contribution in [2.45, 2.75) is 12.5 Å². The number of rotatable bonds is 7. The second-order valence-corrected chi connectivity index (χ2v) is 6.72. The van der Waals surface area contributed by atoms with Crippen LogP contribution in [0.2, 0.25) is 0 Å². The number of carbonyl (C=O) groups is 1. The number of urea groups is 1. The minimum atomic E-state index is -0.557. The number of likely N-dealkylation sites (N-methyl/N-ethyl adjacent to an activating group) is 1. The van der Waals surface area contributed by atoms with Crippen LogP contribution in [0.4, 0.5) is 16.2 Å². The number of nitrogens with one attached hydrogen (secondary N) is 2. The number of benzene rings is 2. The molecular formula is C20H25N3O4. The molecule has 0 saturated heterocycles. The molecule has 144 valence electrons. The molecule has 7 nitrogen and oxygen atoms in total. The van der Waals surface area contributed by atoms with E-state index in [1.807, 2.05) is 37.2 Å². The molecule has 0 saturated carbocycles. The molecule has 1 unspecified atom stereocenters. The van der Waals surface area contributed by atoms with E-state index < -0.39 is 6.10 Å². The van der Waals surface area contributed by atoms with Crippen molar-refractivity contribution in [2.24, 2.45) is 0 Å².